The van der Waals surface area contributed by atoms with Crippen molar-refractivity contribution in [2.75, 3.05) is 5.01 Å². The monoisotopic (exact) mass is 426 g/mol. The SMILES string of the molecule is CCCCC1C(=O)NN(c2ccccc2)C1=O.Oc1ccccc1-c1ccccc1.[NaH]. The molecule has 1 aliphatic heterocycles. The summed E-state index contributed by atoms with van der Waals surface area (Å²) in [5, 5.41) is 10.9. The molecule has 0 aromatic heterocycles. The van der Waals surface area contributed by atoms with Crippen LogP contribution in [-0.4, -0.2) is 46.5 Å². The van der Waals surface area contributed by atoms with Gasteiger partial charge in [0.15, 0.2) is 0 Å². The molecule has 1 aliphatic rings. The molecule has 1 heterocycles. The van der Waals surface area contributed by atoms with Gasteiger partial charge in [-0.1, -0.05) is 86.5 Å². The molecule has 0 bridgehead atoms. The molecule has 1 unspecified atom stereocenters. The van der Waals surface area contributed by atoms with Crippen molar-refractivity contribution in [2.24, 2.45) is 5.92 Å². The van der Waals surface area contributed by atoms with Gasteiger partial charge in [-0.25, -0.2) is 5.01 Å². The van der Waals surface area contributed by atoms with Crippen molar-refractivity contribution in [1.82, 2.24) is 5.43 Å². The number of phenols is 1. The standard InChI is InChI=1S/C13H16N2O2.C12H10O.Na.H/c1-2-3-9-11-12(16)14-15(13(11)17)10-7-5-4-6-8-10;13-12-9-5-4-8-11(12)10-6-2-1-3-7-10;;/h4-8,11H,2-3,9H2,1H3,(H,14,16);1-9,13H;;. The summed E-state index contributed by atoms with van der Waals surface area (Å²) in [5.74, 6) is -0.522. The van der Waals surface area contributed by atoms with Crippen LogP contribution in [0.1, 0.15) is 26.2 Å². The van der Waals surface area contributed by atoms with Crippen LogP contribution in [0.15, 0.2) is 84.9 Å². The van der Waals surface area contributed by atoms with Crippen molar-refractivity contribution in [3.8, 4) is 16.9 Å². The minimum absolute atomic E-state index is 0. The molecule has 1 saturated heterocycles. The number of aromatic hydroxyl groups is 1. The van der Waals surface area contributed by atoms with Crippen LogP contribution in [0.25, 0.3) is 11.1 Å². The number of benzene rings is 3. The second-order valence-corrected chi connectivity index (χ2v) is 7.06. The van der Waals surface area contributed by atoms with Crippen LogP contribution in [0.3, 0.4) is 0 Å². The number of hydrazine groups is 1. The van der Waals surface area contributed by atoms with Gasteiger partial charge in [-0.3, -0.25) is 15.0 Å². The van der Waals surface area contributed by atoms with Crippen LogP contribution in [-0.2, 0) is 9.59 Å². The molecule has 6 heteroatoms. The maximum atomic E-state index is 12.1. The minimum atomic E-state index is -0.518. The third-order valence-electron chi connectivity index (χ3n) is 4.91. The molecule has 1 fully saturated rings. The van der Waals surface area contributed by atoms with Gasteiger partial charge >= 0.3 is 29.6 Å². The van der Waals surface area contributed by atoms with Crippen molar-refractivity contribution >= 4 is 47.1 Å². The second-order valence-electron chi connectivity index (χ2n) is 7.06. The van der Waals surface area contributed by atoms with Crippen LogP contribution >= 0.6 is 0 Å². The number of nitrogens with one attached hydrogen (secondary N) is 1. The summed E-state index contributed by atoms with van der Waals surface area (Å²) in [6.07, 6.45) is 2.51. The fourth-order valence-electron chi connectivity index (χ4n) is 3.28. The van der Waals surface area contributed by atoms with Crippen molar-refractivity contribution in [3.63, 3.8) is 0 Å². The quantitative estimate of drug-likeness (QED) is 0.473. The van der Waals surface area contributed by atoms with Gasteiger partial charge in [0, 0.05) is 5.56 Å². The molecule has 31 heavy (non-hydrogen) atoms. The second kappa shape index (κ2) is 12.3. The first kappa shape index (κ1) is 24.7. The molecule has 4 rings (SSSR count). The van der Waals surface area contributed by atoms with Gasteiger partial charge in [0.2, 0.25) is 0 Å². The topological polar surface area (TPSA) is 69.6 Å². The molecule has 0 saturated carbocycles. The molecule has 1 atom stereocenters. The number of unbranched alkanes of at least 4 members (excludes halogenated alkanes) is 1. The maximum absolute atomic E-state index is 12.1. The molecule has 0 spiro atoms. The fraction of sp³-hybridized carbons (Fsp3) is 0.200. The van der Waals surface area contributed by atoms with Gasteiger partial charge in [-0.15, -0.1) is 0 Å². The number of hydrogen-bond donors (Lipinski definition) is 2. The van der Waals surface area contributed by atoms with Gasteiger partial charge < -0.3 is 5.11 Å². The average molecular weight is 426 g/mol. The Bertz CT molecular complexity index is 980. The Labute approximate surface area is 205 Å². The zero-order valence-electron chi connectivity index (χ0n) is 17.0. The van der Waals surface area contributed by atoms with E-state index < -0.39 is 5.92 Å². The number of hydrogen-bond acceptors (Lipinski definition) is 3. The Morgan fingerprint density at radius 2 is 1.45 bits per heavy atom. The number of carbonyl (C=O) groups is 2. The number of nitrogens with zero attached hydrogens (tertiary/aromatic N) is 1. The van der Waals surface area contributed by atoms with Gasteiger partial charge in [-0.2, -0.15) is 0 Å². The summed E-state index contributed by atoms with van der Waals surface area (Å²) in [6, 6.07) is 26.4. The zero-order valence-corrected chi connectivity index (χ0v) is 17.0. The van der Waals surface area contributed by atoms with Crippen molar-refractivity contribution in [1.29, 1.82) is 0 Å². The normalized spacial score (nSPS) is 14.9. The van der Waals surface area contributed by atoms with E-state index in [4.69, 9.17) is 0 Å². The molecular weight excluding hydrogens is 399 g/mol. The van der Waals surface area contributed by atoms with E-state index in [1.807, 2.05) is 73.7 Å². The van der Waals surface area contributed by atoms with Crippen molar-refractivity contribution in [2.45, 2.75) is 26.2 Å². The van der Waals surface area contributed by atoms with E-state index in [1.54, 1.807) is 18.2 Å². The van der Waals surface area contributed by atoms with Gasteiger partial charge in [0.25, 0.3) is 11.8 Å². The van der Waals surface area contributed by atoms with Gasteiger partial charge in [0.1, 0.15) is 11.7 Å². The van der Waals surface area contributed by atoms with E-state index in [2.05, 4.69) is 5.43 Å². The van der Waals surface area contributed by atoms with E-state index in [9.17, 15) is 14.7 Å². The van der Waals surface area contributed by atoms with Crippen molar-refractivity contribution < 1.29 is 14.7 Å². The Hall–Kier alpha value is -2.60. The molecule has 2 N–H and O–H groups in total. The molecule has 0 radical (unpaired) electrons. The third-order valence-corrected chi connectivity index (χ3v) is 4.91. The molecule has 3 aromatic rings. The van der Waals surface area contributed by atoms with E-state index in [0.717, 1.165) is 24.0 Å². The van der Waals surface area contributed by atoms with E-state index in [0.29, 0.717) is 17.9 Å². The van der Waals surface area contributed by atoms with Crippen LogP contribution in [0, 0.1) is 5.92 Å². The number of para-hydroxylation sites is 2. The molecular formula is C25H27N2NaO3. The summed E-state index contributed by atoms with van der Waals surface area (Å²) >= 11 is 0. The molecule has 3 aromatic carbocycles. The number of carbonyl (C=O) groups excluding carboxylic acids is 2. The first-order chi connectivity index (χ1) is 14.6. The zero-order chi connectivity index (χ0) is 21.3. The first-order valence-corrected chi connectivity index (χ1v) is 10.1. The summed E-state index contributed by atoms with van der Waals surface area (Å²) < 4.78 is 0. The number of rotatable bonds is 5. The molecule has 156 valence electrons. The number of phenolic OH excluding ortho intramolecular Hbond substituents is 1. The van der Waals surface area contributed by atoms with Gasteiger partial charge in [-0.05, 0) is 30.2 Å². The van der Waals surface area contributed by atoms with Crippen LogP contribution in [0.5, 0.6) is 5.75 Å². The Kier molecular flexibility index (Phi) is 9.79. The Morgan fingerprint density at radius 3 is 2.06 bits per heavy atom. The number of anilines is 1. The van der Waals surface area contributed by atoms with Gasteiger partial charge in [0.05, 0.1) is 5.69 Å². The van der Waals surface area contributed by atoms with Crippen LogP contribution in [0.2, 0.25) is 0 Å². The summed E-state index contributed by atoms with van der Waals surface area (Å²) in [4.78, 5) is 23.8. The average Bonchev–Trinajstić information content (AvgIpc) is 3.07. The predicted molar refractivity (Wildman–Crippen MR) is 126 cm³/mol. The molecule has 0 aliphatic carbocycles. The predicted octanol–water partition coefficient (Wildman–Crippen LogP) is 4.28. The number of amides is 2. The van der Waals surface area contributed by atoms with E-state index >= 15 is 0 Å². The van der Waals surface area contributed by atoms with Crippen LogP contribution in [0.4, 0.5) is 5.69 Å². The molecule has 2 amide bonds. The Balaban J connectivity index is 0.000000220. The van der Waals surface area contributed by atoms with E-state index in [-0.39, 0.29) is 41.4 Å². The molecule has 5 nitrogen and oxygen atoms in total. The summed E-state index contributed by atoms with van der Waals surface area (Å²) in [6.45, 7) is 2.05. The van der Waals surface area contributed by atoms with Crippen LogP contribution < -0.4 is 10.4 Å². The summed E-state index contributed by atoms with van der Waals surface area (Å²) in [7, 11) is 0. The van der Waals surface area contributed by atoms with E-state index in [1.165, 1.54) is 5.01 Å². The van der Waals surface area contributed by atoms with Crippen molar-refractivity contribution in [3.05, 3.63) is 84.9 Å². The third kappa shape index (κ3) is 6.44. The summed E-state index contributed by atoms with van der Waals surface area (Å²) in [5.41, 5.74) is 5.26. The first-order valence-electron chi connectivity index (χ1n) is 10.1. The fourth-order valence-corrected chi connectivity index (χ4v) is 3.28. The Morgan fingerprint density at radius 1 is 0.871 bits per heavy atom.